The second-order valence-corrected chi connectivity index (χ2v) is 7.06. The van der Waals surface area contributed by atoms with Crippen LogP contribution in [0.1, 0.15) is 37.5 Å². The molecule has 0 aliphatic carbocycles. The normalized spacial score (nSPS) is 18.3. The summed E-state index contributed by atoms with van der Waals surface area (Å²) in [4.78, 5) is 24.0. The van der Waals surface area contributed by atoms with Gasteiger partial charge in [0, 0.05) is 6.42 Å². The average molecular weight is 304 g/mol. The predicted molar refractivity (Wildman–Crippen MR) is 84.6 cm³/mol. The van der Waals surface area contributed by atoms with Crippen molar-refractivity contribution in [2.45, 2.75) is 53.2 Å². The Morgan fingerprint density at radius 2 is 1.86 bits per heavy atom. The molecule has 0 saturated heterocycles. The number of carbonyl (C=O) groups excluding carboxylic acids is 2. The fourth-order valence-electron chi connectivity index (χ4n) is 2.61. The molecule has 0 saturated carbocycles. The SMILES string of the molecule is Cc1cc2c(cc1C)O[C@@H](C(=O)N[C@H](C(N)=O)C(C)(C)C)C2. The first-order chi connectivity index (χ1) is 10.1. The molecule has 0 bridgehead atoms. The number of carbonyl (C=O) groups is 2. The number of nitrogens with one attached hydrogen (secondary N) is 1. The zero-order valence-electron chi connectivity index (χ0n) is 13.8. The van der Waals surface area contributed by atoms with Gasteiger partial charge in [-0.2, -0.15) is 0 Å². The highest BCUT2D eigenvalue weighted by atomic mass is 16.5. The average Bonchev–Trinajstić information content (AvgIpc) is 2.77. The molecule has 2 rings (SSSR count). The number of amides is 2. The summed E-state index contributed by atoms with van der Waals surface area (Å²) in [5, 5.41) is 2.72. The van der Waals surface area contributed by atoms with Crippen LogP contribution in [0.4, 0.5) is 0 Å². The number of benzene rings is 1. The van der Waals surface area contributed by atoms with Crippen molar-refractivity contribution in [1.82, 2.24) is 5.32 Å². The fourth-order valence-corrected chi connectivity index (χ4v) is 2.61. The van der Waals surface area contributed by atoms with Crippen molar-refractivity contribution >= 4 is 11.8 Å². The Balaban J connectivity index is 2.11. The summed E-state index contributed by atoms with van der Waals surface area (Å²) in [7, 11) is 0. The van der Waals surface area contributed by atoms with Gasteiger partial charge < -0.3 is 15.8 Å². The smallest absolute Gasteiger partial charge is 0.262 e. The number of hydrogen-bond acceptors (Lipinski definition) is 3. The van der Waals surface area contributed by atoms with Gasteiger partial charge in [-0.1, -0.05) is 26.8 Å². The molecule has 120 valence electrons. The molecule has 5 heteroatoms. The number of ether oxygens (including phenoxy) is 1. The van der Waals surface area contributed by atoms with E-state index in [1.807, 2.05) is 46.8 Å². The van der Waals surface area contributed by atoms with Crippen molar-refractivity contribution in [3.63, 3.8) is 0 Å². The summed E-state index contributed by atoms with van der Waals surface area (Å²) < 4.78 is 5.73. The van der Waals surface area contributed by atoms with E-state index in [2.05, 4.69) is 5.32 Å². The van der Waals surface area contributed by atoms with E-state index in [0.717, 1.165) is 16.9 Å². The zero-order chi connectivity index (χ0) is 16.7. The Labute approximate surface area is 131 Å². The highest BCUT2D eigenvalue weighted by Gasteiger charge is 2.36. The standard InChI is InChI=1S/C17H24N2O3/c1-9-6-11-8-13(22-12(11)7-10(9)2)16(21)19-14(15(18)20)17(3,4)5/h6-7,13-14H,8H2,1-5H3,(H2,18,20)(H,19,21)/t13-,14-/m1/s1. The van der Waals surface area contributed by atoms with Gasteiger partial charge in [-0.15, -0.1) is 0 Å². The zero-order valence-corrected chi connectivity index (χ0v) is 13.8. The third-order valence-corrected chi connectivity index (χ3v) is 4.08. The lowest BCUT2D eigenvalue weighted by Crippen LogP contribution is -2.54. The minimum absolute atomic E-state index is 0.301. The van der Waals surface area contributed by atoms with Crippen molar-refractivity contribution in [3.8, 4) is 5.75 Å². The monoisotopic (exact) mass is 304 g/mol. The summed E-state index contributed by atoms with van der Waals surface area (Å²) in [6, 6.07) is 3.27. The van der Waals surface area contributed by atoms with E-state index in [1.54, 1.807) is 0 Å². The molecule has 5 nitrogen and oxygen atoms in total. The Bertz CT molecular complexity index is 586. The summed E-state index contributed by atoms with van der Waals surface area (Å²) >= 11 is 0. The van der Waals surface area contributed by atoms with Gasteiger partial charge in [0.25, 0.3) is 5.91 Å². The first-order valence-electron chi connectivity index (χ1n) is 7.46. The van der Waals surface area contributed by atoms with Crippen LogP contribution in [0.5, 0.6) is 5.75 Å². The van der Waals surface area contributed by atoms with Crippen molar-refractivity contribution < 1.29 is 14.3 Å². The molecule has 2 amide bonds. The molecule has 0 radical (unpaired) electrons. The summed E-state index contributed by atoms with van der Waals surface area (Å²) in [5.41, 5.74) is 8.28. The van der Waals surface area contributed by atoms with Crippen molar-refractivity contribution in [2.75, 3.05) is 0 Å². The van der Waals surface area contributed by atoms with Crippen LogP contribution in [0.2, 0.25) is 0 Å². The van der Waals surface area contributed by atoms with Crippen LogP contribution in [-0.2, 0) is 16.0 Å². The van der Waals surface area contributed by atoms with E-state index in [9.17, 15) is 9.59 Å². The summed E-state index contributed by atoms with van der Waals surface area (Å²) in [6.45, 7) is 9.62. The number of fused-ring (bicyclic) bond motifs is 1. The molecule has 0 unspecified atom stereocenters. The maximum atomic E-state index is 12.4. The Morgan fingerprint density at radius 3 is 2.41 bits per heavy atom. The predicted octanol–water partition coefficient (Wildman–Crippen LogP) is 1.62. The lowest BCUT2D eigenvalue weighted by Gasteiger charge is -2.29. The van der Waals surface area contributed by atoms with E-state index >= 15 is 0 Å². The van der Waals surface area contributed by atoms with Crippen LogP contribution < -0.4 is 15.8 Å². The van der Waals surface area contributed by atoms with Gasteiger partial charge in [-0.25, -0.2) is 0 Å². The van der Waals surface area contributed by atoms with Gasteiger partial charge in [0.05, 0.1) is 0 Å². The number of aryl methyl sites for hydroxylation is 2. The number of nitrogens with two attached hydrogens (primary N) is 1. The van der Waals surface area contributed by atoms with Crippen molar-refractivity contribution in [3.05, 3.63) is 28.8 Å². The summed E-state index contributed by atoms with van der Waals surface area (Å²) in [5.74, 6) is -0.0945. The lowest BCUT2D eigenvalue weighted by molar-refractivity contribution is -0.133. The largest absolute Gasteiger partial charge is 0.480 e. The van der Waals surface area contributed by atoms with Crippen LogP contribution >= 0.6 is 0 Å². The summed E-state index contributed by atoms with van der Waals surface area (Å²) in [6.07, 6.45) is -0.0989. The van der Waals surface area contributed by atoms with Crippen LogP contribution in [0.3, 0.4) is 0 Å². The van der Waals surface area contributed by atoms with E-state index in [-0.39, 0.29) is 5.91 Å². The Hall–Kier alpha value is -2.04. The molecule has 1 aromatic rings. The molecule has 0 spiro atoms. The molecule has 1 aliphatic rings. The molecule has 22 heavy (non-hydrogen) atoms. The van der Waals surface area contributed by atoms with Crippen molar-refractivity contribution in [1.29, 1.82) is 0 Å². The Morgan fingerprint density at radius 1 is 1.27 bits per heavy atom. The van der Waals surface area contributed by atoms with Crippen molar-refractivity contribution in [2.24, 2.45) is 11.1 Å². The maximum Gasteiger partial charge on any atom is 0.262 e. The van der Waals surface area contributed by atoms with Gasteiger partial charge in [0.1, 0.15) is 11.8 Å². The Kier molecular flexibility index (Phi) is 4.18. The number of primary amides is 1. The molecule has 0 aromatic heterocycles. The van der Waals surface area contributed by atoms with Gasteiger partial charge >= 0.3 is 0 Å². The van der Waals surface area contributed by atoms with E-state index in [1.165, 1.54) is 5.56 Å². The molecule has 0 fully saturated rings. The first kappa shape index (κ1) is 16.3. The van der Waals surface area contributed by atoms with E-state index in [4.69, 9.17) is 10.5 Å². The van der Waals surface area contributed by atoms with Crippen LogP contribution in [0.25, 0.3) is 0 Å². The van der Waals surface area contributed by atoms with Crippen LogP contribution in [-0.4, -0.2) is 24.0 Å². The number of rotatable bonds is 3. The fraction of sp³-hybridized carbons (Fsp3) is 0.529. The minimum Gasteiger partial charge on any atom is -0.480 e. The highest BCUT2D eigenvalue weighted by Crippen LogP contribution is 2.31. The van der Waals surface area contributed by atoms with Gasteiger partial charge in [0.2, 0.25) is 5.91 Å². The quantitative estimate of drug-likeness (QED) is 0.890. The highest BCUT2D eigenvalue weighted by molar-refractivity contribution is 5.89. The molecule has 1 aliphatic heterocycles. The third-order valence-electron chi connectivity index (χ3n) is 4.08. The lowest BCUT2D eigenvalue weighted by atomic mass is 9.86. The van der Waals surface area contributed by atoms with E-state index in [0.29, 0.717) is 6.42 Å². The molecule has 3 N–H and O–H groups in total. The maximum absolute atomic E-state index is 12.4. The number of hydrogen-bond donors (Lipinski definition) is 2. The molecule has 1 heterocycles. The van der Waals surface area contributed by atoms with E-state index < -0.39 is 23.5 Å². The van der Waals surface area contributed by atoms with Crippen LogP contribution in [0, 0.1) is 19.3 Å². The third kappa shape index (κ3) is 3.24. The molecular weight excluding hydrogens is 280 g/mol. The van der Waals surface area contributed by atoms with Gasteiger partial charge in [0.15, 0.2) is 6.10 Å². The topological polar surface area (TPSA) is 81.4 Å². The van der Waals surface area contributed by atoms with Crippen LogP contribution in [0.15, 0.2) is 12.1 Å². The van der Waals surface area contributed by atoms with Gasteiger partial charge in [-0.05, 0) is 42.0 Å². The minimum atomic E-state index is -0.726. The second kappa shape index (κ2) is 5.63. The molecule has 2 atom stereocenters. The molecular formula is C17H24N2O3. The second-order valence-electron chi connectivity index (χ2n) is 7.06. The first-order valence-corrected chi connectivity index (χ1v) is 7.46. The van der Waals surface area contributed by atoms with Gasteiger partial charge in [-0.3, -0.25) is 9.59 Å². The molecule has 1 aromatic carbocycles.